The lowest BCUT2D eigenvalue weighted by Crippen LogP contribution is -2.35. The number of aryl methyl sites for hydroxylation is 1. The largest absolute Gasteiger partial charge is 0.456 e. The molecule has 0 aromatic carbocycles. The second kappa shape index (κ2) is 5.17. The van der Waals surface area contributed by atoms with E-state index in [1.54, 1.807) is 12.1 Å². The molecule has 0 spiro atoms. The van der Waals surface area contributed by atoms with Crippen molar-refractivity contribution in [2.75, 3.05) is 6.54 Å². The summed E-state index contributed by atoms with van der Waals surface area (Å²) in [5.41, 5.74) is -0.439. The summed E-state index contributed by atoms with van der Waals surface area (Å²) in [4.78, 5) is 23.3. The van der Waals surface area contributed by atoms with Crippen LogP contribution in [0, 0.1) is 5.41 Å². The Labute approximate surface area is 101 Å². The van der Waals surface area contributed by atoms with E-state index in [1.807, 2.05) is 27.7 Å². The summed E-state index contributed by atoms with van der Waals surface area (Å²) in [5, 5.41) is 2.56. The van der Waals surface area contributed by atoms with Crippen molar-refractivity contribution in [3.8, 4) is 0 Å². The van der Waals surface area contributed by atoms with Gasteiger partial charge in [-0.2, -0.15) is 0 Å². The molecule has 0 saturated carbocycles. The summed E-state index contributed by atoms with van der Waals surface area (Å²) in [5.74, 6) is 0.663. The van der Waals surface area contributed by atoms with Gasteiger partial charge >= 0.3 is 0 Å². The van der Waals surface area contributed by atoms with Crippen molar-refractivity contribution in [1.82, 2.24) is 5.32 Å². The summed E-state index contributed by atoms with van der Waals surface area (Å²) in [7, 11) is 0. The second-order valence-electron chi connectivity index (χ2n) is 4.98. The Bertz CT molecular complexity index is 413. The Kier molecular flexibility index (Phi) is 4.10. The fourth-order valence-electron chi connectivity index (χ4n) is 1.20. The van der Waals surface area contributed by atoms with Crippen LogP contribution in [0.2, 0.25) is 0 Å². The highest BCUT2D eigenvalue weighted by molar-refractivity contribution is 5.95. The summed E-state index contributed by atoms with van der Waals surface area (Å²) in [6.07, 6.45) is 0.744. The van der Waals surface area contributed by atoms with Gasteiger partial charge in [0.1, 0.15) is 5.76 Å². The van der Waals surface area contributed by atoms with E-state index in [1.165, 1.54) is 0 Å². The van der Waals surface area contributed by atoms with Gasteiger partial charge in [0.25, 0.3) is 5.91 Å². The van der Waals surface area contributed by atoms with Gasteiger partial charge in [-0.15, -0.1) is 0 Å². The number of ketones is 1. The smallest absolute Gasteiger partial charge is 0.287 e. The molecule has 1 aromatic rings. The van der Waals surface area contributed by atoms with Crippen LogP contribution in [0.3, 0.4) is 0 Å². The topological polar surface area (TPSA) is 59.3 Å². The number of rotatable bonds is 4. The van der Waals surface area contributed by atoms with Gasteiger partial charge in [0.2, 0.25) is 0 Å². The molecule has 0 aliphatic heterocycles. The number of hydrogen-bond donors (Lipinski definition) is 1. The zero-order valence-corrected chi connectivity index (χ0v) is 10.8. The van der Waals surface area contributed by atoms with Crippen LogP contribution in [0.1, 0.15) is 44.0 Å². The highest BCUT2D eigenvalue weighted by Crippen LogP contribution is 2.14. The van der Waals surface area contributed by atoms with Crippen molar-refractivity contribution < 1.29 is 14.0 Å². The summed E-state index contributed by atoms with van der Waals surface area (Å²) >= 11 is 0. The third-order valence-electron chi connectivity index (χ3n) is 2.48. The Morgan fingerprint density at radius 3 is 2.41 bits per heavy atom. The molecule has 1 rings (SSSR count). The molecule has 1 heterocycles. The average Bonchev–Trinajstić information content (AvgIpc) is 2.72. The molecule has 94 valence electrons. The van der Waals surface area contributed by atoms with E-state index in [0.29, 0.717) is 0 Å². The molecule has 0 unspecified atom stereocenters. The SMILES string of the molecule is CCc1ccc(C(=O)NCC(=O)C(C)(C)C)o1. The Morgan fingerprint density at radius 1 is 1.29 bits per heavy atom. The van der Waals surface area contributed by atoms with Crippen molar-refractivity contribution in [3.63, 3.8) is 0 Å². The first-order valence-corrected chi connectivity index (χ1v) is 5.74. The number of amides is 1. The van der Waals surface area contributed by atoms with Crippen LogP contribution in [0.5, 0.6) is 0 Å². The van der Waals surface area contributed by atoms with Gasteiger partial charge in [-0.1, -0.05) is 27.7 Å². The summed E-state index contributed by atoms with van der Waals surface area (Å²) in [6.45, 7) is 7.45. The van der Waals surface area contributed by atoms with Crippen LogP contribution < -0.4 is 5.32 Å². The van der Waals surface area contributed by atoms with E-state index in [0.717, 1.165) is 12.2 Å². The Balaban J connectivity index is 2.53. The van der Waals surface area contributed by atoms with Gasteiger partial charge in [-0.25, -0.2) is 0 Å². The van der Waals surface area contributed by atoms with Crippen molar-refractivity contribution in [2.24, 2.45) is 5.41 Å². The lowest BCUT2D eigenvalue weighted by Gasteiger charge is -2.16. The van der Waals surface area contributed by atoms with E-state index in [4.69, 9.17) is 4.42 Å². The third kappa shape index (κ3) is 3.73. The van der Waals surface area contributed by atoms with E-state index in [2.05, 4.69) is 5.32 Å². The van der Waals surface area contributed by atoms with E-state index in [9.17, 15) is 9.59 Å². The number of nitrogens with one attached hydrogen (secondary N) is 1. The first-order valence-electron chi connectivity index (χ1n) is 5.74. The van der Waals surface area contributed by atoms with Gasteiger partial charge in [0, 0.05) is 11.8 Å². The molecular weight excluding hydrogens is 218 g/mol. The fraction of sp³-hybridized carbons (Fsp3) is 0.538. The zero-order valence-electron chi connectivity index (χ0n) is 10.8. The van der Waals surface area contributed by atoms with Crippen LogP contribution in [0.25, 0.3) is 0 Å². The number of carbonyl (C=O) groups excluding carboxylic acids is 2. The molecule has 4 nitrogen and oxygen atoms in total. The minimum Gasteiger partial charge on any atom is -0.456 e. The van der Waals surface area contributed by atoms with Crippen LogP contribution in [-0.4, -0.2) is 18.2 Å². The highest BCUT2D eigenvalue weighted by Gasteiger charge is 2.22. The first kappa shape index (κ1) is 13.5. The minimum absolute atomic E-state index is 0.00637. The van der Waals surface area contributed by atoms with Crippen molar-refractivity contribution >= 4 is 11.7 Å². The Morgan fingerprint density at radius 2 is 1.94 bits per heavy atom. The molecule has 0 fully saturated rings. The van der Waals surface area contributed by atoms with Crippen LogP contribution in [0.15, 0.2) is 16.5 Å². The van der Waals surface area contributed by atoms with Gasteiger partial charge < -0.3 is 9.73 Å². The standard InChI is InChI=1S/C13H19NO3/c1-5-9-6-7-10(17-9)12(16)14-8-11(15)13(2,3)4/h6-7H,5,8H2,1-4H3,(H,14,16). The second-order valence-corrected chi connectivity index (χ2v) is 4.98. The number of hydrogen-bond acceptors (Lipinski definition) is 3. The fourth-order valence-corrected chi connectivity index (χ4v) is 1.20. The summed E-state index contributed by atoms with van der Waals surface area (Å²) < 4.78 is 5.29. The number of Topliss-reactive ketones (excluding diaryl/α,β-unsaturated/α-hetero) is 1. The molecule has 0 aliphatic rings. The number of furan rings is 1. The normalized spacial score (nSPS) is 11.3. The quantitative estimate of drug-likeness (QED) is 0.873. The molecule has 0 saturated heterocycles. The molecular formula is C13H19NO3. The van der Waals surface area contributed by atoms with Gasteiger partial charge in [0.15, 0.2) is 11.5 Å². The maximum absolute atomic E-state index is 11.6. The predicted octanol–water partition coefficient (Wildman–Crippen LogP) is 2.19. The third-order valence-corrected chi connectivity index (χ3v) is 2.48. The van der Waals surface area contributed by atoms with Gasteiger partial charge in [0.05, 0.1) is 6.54 Å². The maximum Gasteiger partial charge on any atom is 0.287 e. The minimum atomic E-state index is -0.439. The molecule has 1 aromatic heterocycles. The van der Waals surface area contributed by atoms with Crippen molar-refractivity contribution in [2.45, 2.75) is 34.1 Å². The molecule has 1 amide bonds. The van der Waals surface area contributed by atoms with Crippen molar-refractivity contribution in [1.29, 1.82) is 0 Å². The molecule has 0 bridgehead atoms. The van der Waals surface area contributed by atoms with E-state index in [-0.39, 0.29) is 24.0 Å². The lowest BCUT2D eigenvalue weighted by atomic mass is 9.91. The molecule has 0 atom stereocenters. The van der Waals surface area contributed by atoms with Crippen molar-refractivity contribution in [3.05, 3.63) is 23.7 Å². The van der Waals surface area contributed by atoms with Gasteiger partial charge in [-0.3, -0.25) is 9.59 Å². The van der Waals surface area contributed by atoms with Gasteiger partial charge in [-0.05, 0) is 12.1 Å². The first-order chi connectivity index (χ1) is 7.84. The molecule has 17 heavy (non-hydrogen) atoms. The number of carbonyl (C=O) groups is 2. The molecule has 1 N–H and O–H groups in total. The van der Waals surface area contributed by atoms with Crippen LogP contribution in [0.4, 0.5) is 0 Å². The highest BCUT2D eigenvalue weighted by atomic mass is 16.3. The Hall–Kier alpha value is -1.58. The van der Waals surface area contributed by atoms with Crippen LogP contribution in [-0.2, 0) is 11.2 Å². The zero-order chi connectivity index (χ0) is 13.1. The molecule has 0 aliphatic carbocycles. The van der Waals surface area contributed by atoms with E-state index >= 15 is 0 Å². The molecule has 0 radical (unpaired) electrons. The maximum atomic E-state index is 11.6. The molecule has 4 heteroatoms. The van der Waals surface area contributed by atoms with Crippen LogP contribution >= 0.6 is 0 Å². The lowest BCUT2D eigenvalue weighted by molar-refractivity contribution is -0.125. The summed E-state index contributed by atoms with van der Waals surface area (Å²) in [6, 6.07) is 3.39. The predicted molar refractivity (Wildman–Crippen MR) is 64.9 cm³/mol. The average molecular weight is 237 g/mol. The monoisotopic (exact) mass is 237 g/mol. The van der Waals surface area contributed by atoms with E-state index < -0.39 is 5.41 Å².